The van der Waals surface area contributed by atoms with Crippen molar-refractivity contribution in [3.8, 4) is 6.07 Å². The molecule has 0 radical (unpaired) electrons. The fourth-order valence-corrected chi connectivity index (χ4v) is 1.31. The third-order valence-corrected chi connectivity index (χ3v) is 2.19. The first-order valence-corrected chi connectivity index (χ1v) is 5.99. The lowest BCUT2D eigenvalue weighted by atomic mass is 10.2. The molecule has 0 saturated heterocycles. The van der Waals surface area contributed by atoms with E-state index in [1.807, 2.05) is 6.07 Å². The Hall–Kier alpha value is -2.62. The van der Waals surface area contributed by atoms with E-state index in [0.29, 0.717) is 0 Å². The molecular weight excluding hydrogens is 264 g/mol. The van der Waals surface area contributed by atoms with E-state index in [-0.39, 0.29) is 24.7 Å². The zero-order chi connectivity index (χ0) is 15.0. The summed E-state index contributed by atoms with van der Waals surface area (Å²) in [6.07, 6.45) is 2.34. The number of hydrogen-bond donors (Lipinski definition) is 0. The number of rotatable bonds is 6. The average molecular weight is 278 g/mol. The predicted molar refractivity (Wildman–Crippen MR) is 68.3 cm³/mol. The fourth-order valence-electron chi connectivity index (χ4n) is 1.31. The normalized spacial score (nSPS) is 10.5. The predicted octanol–water partition coefficient (Wildman–Crippen LogP) is 1.60. The highest BCUT2D eigenvalue weighted by atomic mass is 16.6. The molecule has 0 unspecified atom stereocenters. The molecule has 7 nitrogen and oxygen atoms in total. The van der Waals surface area contributed by atoms with E-state index in [0.717, 1.165) is 6.21 Å². The first-order chi connectivity index (χ1) is 9.63. The number of nitrogens with zero attached hydrogens (tertiary/aromatic N) is 2. The molecule has 1 heterocycles. The van der Waals surface area contributed by atoms with Crippen molar-refractivity contribution in [2.75, 3.05) is 13.2 Å². The first kappa shape index (κ1) is 15.4. The molecule has 0 fully saturated rings. The molecule has 20 heavy (non-hydrogen) atoms. The summed E-state index contributed by atoms with van der Waals surface area (Å²) in [7, 11) is 0. The lowest BCUT2D eigenvalue weighted by Crippen LogP contribution is -2.29. The minimum atomic E-state index is -1.29. The molecule has 0 atom stereocenters. The Labute approximate surface area is 115 Å². The van der Waals surface area contributed by atoms with Crippen LogP contribution in [-0.2, 0) is 19.1 Å². The quantitative estimate of drug-likeness (QED) is 0.445. The molecule has 0 amide bonds. The molecule has 0 aromatic carbocycles. The van der Waals surface area contributed by atoms with Crippen LogP contribution in [0.25, 0.3) is 0 Å². The van der Waals surface area contributed by atoms with E-state index >= 15 is 0 Å². The van der Waals surface area contributed by atoms with Gasteiger partial charge >= 0.3 is 11.9 Å². The van der Waals surface area contributed by atoms with Gasteiger partial charge in [-0.25, -0.2) is 4.99 Å². The summed E-state index contributed by atoms with van der Waals surface area (Å²) in [5.74, 6) is -2.79. The Balaban J connectivity index is 2.92. The number of nitriles is 1. The molecule has 0 bridgehead atoms. The summed E-state index contributed by atoms with van der Waals surface area (Å²) in [6.45, 7) is 3.51. The maximum Gasteiger partial charge on any atom is 0.325 e. The Morgan fingerprint density at radius 2 is 2.00 bits per heavy atom. The van der Waals surface area contributed by atoms with E-state index in [9.17, 15) is 9.59 Å². The molecule has 0 aliphatic carbocycles. The maximum absolute atomic E-state index is 11.7. The van der Waals surface area contributed by atoms with Gasteiger partial charge in [0.05, 0.1) is 19.5 Å². The summed E-state index contributed by atoms with van der Waals surface area (Å²) in [6, 6.07) is 3.30. The van der Waals surface area contributed by atoms with Gasteiger partial charge in [-0.3, -0.25) is 9.59 Å². The van der Waals surface area contributed by atoms with Crippen molar-refractivity contribution in [3.05, 3.63) is 17.9 Å². The van der Waals surface area contributed by atoms with Crippen LogP contribution >= 0.6 is 0 Å². The number of ether oxygens (including phenoxy) is 2. The second-order valence-electron chi connectivity index (χ2n) is 3.51. The van der Waals surface area contributed by atoms with E-state index in [1.54, 1.807) is 13.8 Å². The number of carbonyl (C=O) groups excluding carboxylic acids is 2. The highest BCUT2D eigenvalue weighted by Gasteiger charge is 2.28. The summed E-state index contributed by atoms with van der Waals surface area (Å²) >= 11 is 0. The summed E-state index contributed by atoms with van der Waals surface area (Å²) in [5, 5.41) is 8.79. The Bertz CT molecular complexity index is 523. The number of furan rings is 1. The third-order valence-electron chi connectivity index (χ3n) is 2.19. The van der Waals surface area contributed by atoms with Crippen molar-refractivity contribution >= 4 is 24.0 Å². The molecule has 106 valence electrons. The molecule has 0 aliphatic rings. The van der Waals surface area contributed by atoms with Gasteiger partial charge in [-0.15, -0.1) is 0 Å². The van der Waals surface area contributed by atoms with Crippen LogP contribution in [0.2, 0.25) is 0 Å². The second kappa shape index (κ2) is 7.74. The second-order valence-corrected chi connectivity index (χ2v) is 3.51. The molecule has 7 heteroatoms. The minimum Gasteiger partial charge on any atom is -0.465 e. The monoisotopic (exact) mass is 278 g/mol. The van der Waals surface area contributed by atoms with Crippen molar-refractivity contribution < 1.29 is 23.5 Å². The molecule has 0 N–H and O–H groups in total. The van der Waals surface area contributed by atoms with Gasteiger partial charge in [0.1, 0.15) is 11.6 Å². The first-order valence-electron chi connectivity index (χ1n) is 5.99. The molecule has 0 spiro atoms. The highest BCUT2D eigenvalue weighted by Crippen LogP contribution is 2.19. The Kier molecular flexibility index (Phi) is 5.97. The molecule has 0 aliphatic heterocycles. The van der Waals surface area contributed by atoms with Gasteiger partial charge in [0.15, 0.2) is 5.92 Å². The zero-order valence-corrected chi connectivity index (χ0v) is 11.2. The van der Waals surface area contributed by atoms with Crippen LogP contribution in [0.4, 0.5) is 5.88 Å². The lowest BCUT2D eigenvalue weighted by Gasteiger charge is -2.09. The summed E-state index contributed by atoms with van der Waals surface area (Å²) in [4.78, 5) is 27.2. The zero-order valence-electron chi connectivity index (χ0n) is 11.2. The van der Waals surface area contributed by atoms with E-state index in [2.05, 4.69) is 4.99 Å². The van der Waals surface area contributed by atoms with E-state index < -0.39 is 17.9 Å². The van der Waals surface area contributed by atoms with Crippen LogP contribution in [0, 0.1) is 17.2 Å². The third kappa shape index (κ3) is 3.95. The smallest absolute Gasteiger partial charge is 0.325 e. The van der Waals surface area contributed by atoms with Crippen molar-refractivity contribution in [1.82, 2.24) is 0 Å². The van der Waals surface area contributed by atoms with Gasteiger partial charge in [0, 0.05) is 6.21 Å². The Morgan fingerprint density at radius 1 is 1.40 bits per heavy atom. The molecule has 0 saturated carbocycles. The number of aliphatic imine (C=N–C) groups is 1. The SMILES string of the molecule is CCOC(=O)C(C=Nc1occc1C#N)C(=O)OCC. The van der Waals surface area contributed by atoms with Gasteiger partial charge in [0.25, 0.3) is 0 Å². The maximum atomic E-state index is 11.7. The molecule has 1 rings (SSSR count). The van der Waals surface area contributed by atoms with Crippen LogP contribution in [0.15, 0.2) is 21.7 Å². The minimum absolute atomic E-state index is 0.0195. The number of hydrogen-bond acceptors (Lipinski definition) is 7. The highest BCUT2D eigenvalue weighted by molar-refractivity contribution is 6.09. The van der Waals surface area contributed by atoms with E-state index in [4.69, 9.17) is 19.2 Å². The topological polar surface area (TPSA) is 102 Å². The summed E-state index contributed by atoms with van der Waals surface area (Å²) < 4.78 is 14.5. The standard InChI is InChI=1S/C13H14N2O5/c1-3-18-12(16)10(13(17)19-4-2)8-15-11-9(7-14)5-6-20-11/h5-6,8,10H,3-4H2,1-2H3. The van der Waals surface area contributed by atoms with E-state index in [1.165, 1.54) is 12.3 Å². The van der Waals surface area contributed by atoms with Gasteiger partial charge in [-0.05, 0) is 19.9 Å². The van der Waals surface area contributed by atoms with Gasteiger partial charge in [-0.1, -0.05) is 0 Å². The van der Waals surface area contributed by atoms with Crippen LogP contribution in [0.3, 0.4) is 0 Å². The fraction of sp³-hybridized carbons (Fsp3) is 0.385. The summed E-state index contributed by atoms with van der Waals surface area (Å²) in [5.41, 5.74) is 0.202. The molecule has 1 aromatic heterocycles. The van der Waals surface area contributed by atoms with Crippen molar-refractivity contribution in [3.63, 3.8) is 0 Å². The van der Waals surface area contributed by atoms with Crippen LogP contribution < -0.4 is 0 Å². The number of esters is 2. The van der Waals surface area contributed by atoms with Gasteiger partial charge < -0.3 is 13.9 Å². The average Bonchev–Trinajstić information content (AvgIpc) is 2.87. The van der Waals surface area contributed by atoms with Crippen LogP contribution in [0.1, 0.15) is 19.4 Å². The van der Waals surface area contributed by atoms with Gasteiger partial charge in [0.2, 0.25) is 5.88 Å². The molecule has 1 aromatic rings. The van der Waals surface area contributed by atoms with Crippen LogP contribution in [0.5, 0.6) is 0 Å². The van der Waals surface area contributed by atoms with Crippen LogP contribution in [-0.4, -0.2) is 31.4 Å². The van der Waals surface area contributed by atoms with Crippen molar-refractivity contribution in [2.45, 2.75) is 13.8 Å². The number of carbonyl (C=O) groups is 2. The van der Waals surface area contributed by atoms with Crippen molar-refractivity contribution in [2.24, 2.45) is 10.9 Å². The Morgan fingerprint density at radius 3 is 2.50 bits per heavy atom. The van der Waals surface area contributed by atoms with Crippen molar-refractivity contribution in [1.29, 1.82) is 5.26 Å². The van der Waals surface area contributed by atoms with Gasteiger partial charge in [-0.2, -0.15) is 5.26 Å². The largest absolute Gasteiger partial charge is 0.465 e. The molecular formula is C13H14N2O5. The lowest BCUT2D eigenvalue weighted by molar-refractivity contribution is -0.157.